The van der Waals surface area contributed by atoms with Crippen molar-refractivity contribution in [2.75, 3.05) is 19.1 Å². The van der Waals surface area contributed by atoms with E-state index in [2.05, 4.69) is 4.72 Å². The molecule has 0 aliphatic rings. The summed E-state index contributed by atoms with van der Waals surface area (Å²) in [5.41, 5.74) is 0.318. The number of halogens is 2. The van der Waals surface area contributed by atoms with Gasteiger partial charge in [-0.2, -0.15) is 16.5 Å². The van der Waals surface area contributed by atoms with Crippen molar-refractivity contribution < 1.29 is 22.0 Å². The van der Waals surface area contributed by atoms with Gasteiger partial charge in [-0.15, -0.1) is 0 Å². The Morgan fingerprint density at radius 1 is 1.11 bits per heavy atom. The highest BCUT2D eigenvalue weighted by atomic mass is 32.2. The summed E-state index contributed by atoms with van der Waals surface area (Å²) in [6, 6.07) is 9.92. The van der Waals surface area contributed by atoms with Crippen LogP contribution in [-0.4, -0.2) is 44.3 Å². The van der Waals surface area contributed by atoms with Crippen molar-refractivity contribution in [3.63, 3.8) is 0 Å². The molecule has 0 spiro atoms. The fraction of sp³-hybridized carbons (Fsp3) is 0.316. The largest absolute Gasteiger partial charge is 0.340 e. The van der Waals surface area contributed by atoms with Gasteiger partial charge in [0.2, 0.25) is 15.9 Å². The molecule has 1 N–H and O–H groups in total. The van der Waals surface area contributed by atoms with E-state index < -0.39 is 38.5 Å². The first kappa shape index (κ1) is 22.3. The molecule has 0 aliphatic heterocycles. The zero-order valence-electron chi connectivity index (χ0n) is 15.6. The molecule has 152 valence electrons. The average Bonchev–Trinajstić information content (AvgIpc) is 2.66. The summed E-state index contributed by atoms with van der Waals surface area (Å²) < 4.78 is 55.2. The van der Waals surface area contributed by atoms with E-state index in [0.717, 1.165) is 12.1 Å². The molecule has 0 fully saturated rings. The van der Waals surface area contributed by atoms with E-state index in [-0.39, 0.29) is 13.0 Å². The Morgan fingerprint density at radius 3 is 2.32 bits per heavy atom. The molecular formula is C19H22F2N2O3S2. The van der Waals surface area contributed by atoms with Crippen LogP contribution in [0.4, 0.5) is 8.78 Å². The first-order valence-electron chi connectivity index (χ1n) is 8.50. The van der Waals surface area contributed by atoms with E-state index in [1.807, 2.05) is 6.26 Å². The Balaban J connectivity index is 2.21. The minimum Gasteiger partial charge on any atom is -0.340 e. The lowest BCUT2D eigenvalue weighted by Gasteiger charge is -2.25. The van der Waals surface area contributed by atoms with Crippen LogP contribution in [0, 0.1) is 11.6 Å². The molecule has 0 saturated heterocycles. The van der Waals surface area contributed by atoms with E-state index in [1.165, 1.54) is 41.9 Å². The monoisotopic (exact) mass is 428 g/mol. The van der Waals surface area contributed by atoms with Gasteiger partial charge in [0, 0.05) is 19.2 Å². The number of carbonyl (C=O) groups excluding carboxylic acids is 1. The molecule has 2 aromatic carbocycles. The van der Waals surface area contributed by atoms with Crippen LogP contribution in [0.5, 0.6) is 0 Å². The van der Waals surface area contributed by atoms with Crippen molar-refractivity contribution in [1.82, 2.24) is 9.62 Å². The Kier molecular flexibility index (Phi) is 7.97. The Morgan fingerprint density at radius 2 is 1.71 bits per heavy atom. The van der Waals surface area contributed by atoms with E-state index in [0.29, 0.717) is 11.3 Å². The van der Waals surface area contributed by atoms with Crippen molar-refractivity contribution in [2.24, 2.45) is 0 Å². The van der Waals surface area contributed by atoms with Gasteiger partial charge in [-0.1, -0.05) is 30.3 Å². The molecule has 0 saturated carbocycles. The van der Waals surface area contributed by atoms with Crippen molar-refractivity contribution in [2.45, 2.75) is 23.9 Å². The number of rotatable bonds is 9. The van der Waals surface area contributed by atoms with Gasteiger partial charge in [0.15, 0.2) is 0 Å². The number of nitrogens with zero attached hydrogens (tertiary/aromatic N) is 1. The van der Waals surface area contributed by atoms with Gasteiger partial charge in [-0.25, -0.2) is 17.2 Å². The van der Waals surface area contributed by atoms with Crippen molar-refractivity contribution >= 4 is 27.7 Å². The summed E-state index contributed by atoms with van der Waals surface area (Å²) in [4.78, 5) is 13.6. The van der Waals surface area contributed by atoms with Gasteiger partial charge >= 0.3 is 0 Å². The van der Waals surface area contributed by atoms with Crippen LogP contribution >= 0.6 is 11.8 Å². The molecule has 0 heterocycles. The molecule has 9 heteroatoms. The highest BCUT2D eigenvalue weighted by molar-refractivity contribution is 7.98. The SMILES string of the molecule is CSCCC(NS(=O)(=O)c1ccccc1F)C(=O)N(C)Cc1ccccc1F. The van der Waals surface area contributed by atoms with Crippen molar-refractivity contribution in [3.8, 4) is 0 Å². The van der Waals surface area contributed by atoms with Gasteiger partial charge in [0.05, 0.1) is 0 Å². The minimum atomic E-state index is -4.24. The predicted octanol–water partition coefficient (Wildman–Crippen LogP) is 3.02. The Bertz CT molecular complexity index is 923. The number of thioether (sulfide) groups is 1. The zero-order valence-corrected chi connectivity index (χ0v) is 17.2. The molecule has 2 aromatic rings. The fourth-order valence-electron chi connectivity index (χ4n) is 2.61. The normalized spacial score (nSPS) is 12.6. The molecule has 5 nitrogen and oxygen atoms in total. The summed E-state index contributed by atoms with van der Waals surface area (Å²) in [6.07, 6.45) is 2.05. The van der Waals surface area contributed by atoms with Crippen LogP contribution in [0.25, 0.3) is 0 Å². The maximum atomic E-state index is 13.9. The summed E-state index contributed by atoms with van der Waals surface area (Å²) in [7, 11) is -2.77. The molecule has 1 atom stereocenters. The molecule has 2 rings (SSSR count). The molecule has 0 radical (unpaired) electrons. The molecular weight excluding hydrogens is 406 g/mol. The molecule has 1 unspecified atom stereocenters. The van der Waals surface area contributed by atoms with Crippen LogP contribution in [0.2, 0.25) is 0 Å². The van der Waals surface area contributed by atoms with Crippen molar-refractivity contribution in [3.05, 3.63) is 65.7 Å². The average molecular weight is 429 g/mol. The van der Waals surface area contributed by atoms with Crippen LogP contribution in [0.15, 0.2) is 53.4 Å². The number of carbonyl (C=O) groups is 1. The van der Waals surface area contributed by atoms with Crippen LogP contribution in [0.3, 0.4) is 0 Å². The quantitative estimate of drug-likeness (QED) is 0.667. The van der Waals surface area contributed by atoms with Gasteiger partial charge < -0.3 is 4.90 Å². The van der Waals surface area contributed by atoms with Gasteiger partial charge in [-0.05, 0) is 36.6 Å². The van der Waals surface area contributed by atoms with Gasteiger partial charge in [0.25, 0.3) is 0 Å². The molecule has 0 aliphatic carbocycles. The van der Waals surface area contributed by atoms with Gasteiger partial charge in [-0.3, -0.25) is 4.79 Å². The number of amides is 1. The van der Waals surface area contributed by atoms with Crippen LogP contribution < -0.4 is 4.72 Å². The van der Waals surface area contributed by atoms with Crippen LogP contribution in [-0.2, 0) is 21.4 Å². The number of benzene rings is 2. The summed E-state index contributed by atoms with van der Waals surface area (Å²) in [5, 5.41) is 0. The molecule has 1 amide bonds. The van der Waals surface area contributed by atoms with Crippen molar-refractivity contribution in [1.29, 1.82) is 0 Å². The Hall–Kier alpha value is -1.97. The molecule has 0 aromatic heterocycles. The maximum Gasteiger partial charge on any atom is 0.244 e. The van der Waals surface area contributed by atoms with E-state index >= 15 is 0 Å². The lowest BCUT2D eigenvalue weighted by molar-refractivity contribution is -0.132. The second kappa shape index (κ2) is 9.99. The summed E-state index contributed by atoms with van der Waals surface area (Å²) >= 11 is 1.45. The lowest BCUT2D eigenvalue weighted by atomic mass is 10.1. The number of sulfonamides is 1. The Labute approximate surface area is 168 Å². The third kappa shape index (κ3) is 5.76. The first-order chi connectivity index (χ1) is 13.3. The van der Waals surface area contributed by atoms with E-state index in [1.54, 1.807) is 18.2 Å². The smallest absolute Gasteiger partial charge is 0.244 e. The summed E-state index contributed by atoms with van der Waals surface area (Å²) in [6.45, 7) is -0.0112. The van der Waals surface area contributed by atoms with Gasteiger partial charge in [0.1, 0.15) is 22.6 Å². The predicted molar refractivity (Wildman–Crippen MR) is 106 cm³/mol. The second-order valence-corrected chi connectivity index (χ2v) is 8.84. The number of nitrogens with one attached hydrogen (secondary N) is 1. The number of likely N-dealkylation sites (N-methyl/N-ethyl adjacent to an activating group) is 1. The van der Waals surface area contributed by atoms with E-state index in [4.69, 9.17) is 0 Å². The number of hydrogen-bond donors (Lipinski definition) is 1. The number of hydrogen-bond acceptors (Lipinski definition) is 4. The fourth-order valence-corrected chi connectivity index (χ4v) is 4.38. The third-order valence-corrected chi connectivity index (χ3v) is 6.22. The summed E-state index contributed by atoms with van der Waals surface area (Å²) in [5.74, 6) is -1.35. The highest BCUT2D eigenvalue weighted by Gasteiger charge is 2.29. The maximum absolute atomic E-state index is 13.9. The highest BCUT2D eigenvalue weighted by Crippen LogP contribution is 2.16. The topological polar surface area (TPSA) is 66.5 Å². The zero-order chi connectivity index (χ0) is 20.7. The first-order valence-corrected chi connectivity index (χ1v) is 11.4. The molecule has 28 heavy (non-hydrogen) atoms. The third-order valence-electron chi connectivity index (χ3n) is 4.07. The molecule has 0 bridgehead atoms. The van der Waals surface area contributed by atoms with Crippen LogP contribution in [0.1, 0.15) is 12.0 Å². The van der Waals surface area contributed by atoms with E-state index in [9.17, 15) is 22.0 Å². The minimum absolute atomic E-state index is 0.0112. The lowest BCUT2D eigenvalue weighted by Crippen LogP contribution is -2.47. The standard InChI is InChI=1S/C19H22F2N2O3S2/c1-23(13-14-7-3-4-8-15(14)20)19(24)17(11-12-27-2)22-28(25,26)18-10-6-5-9-16(18)21/h3-10,17,22H,11-13H2,1-2H3. The second-order valence-electron chi connectivity index (χ2n) is 6.17.